The van der Waals surface area contributed by atoms with Crippen LogP contribution in [0.15, 0.2) is 109 Å². The maximum atomic E-state index is 12.1. The third-order valence-electron chi connectivity index (χ3n) is 5.95. The third kappa shape index (κ3) is 5.55. The Bertz CT molecular complexity index is 2130. The molecule has 5 aromatic rings. The van der Waals surface area contributed by atoms with Crippen LogP contribution in [0.5, 0.6) is 11.5 Å². The fraction of sp³-hybridized carbons (Fsp3) is 0. The Balaban J connectivity index is 1.65. The van der Waals surface area contributed by atoms with Crippen LogP contribution in [0.2, 0.25) is 0 Å². The maximum absolute atomic E-state index is 12.1. The van der Waals surface area contributed by atoms with Crippen molar-refractivity contribution in [1.29, 1.82) is 0 Å². The van der Waals surface area contributed by atoms with Gasteiger partial charge in [-0.2, -0.15) is 27.1 Å². The minimum Gasteiger partial charge on any atom is -0.505 e. The lowest BCUT2D eigenvalue weighted by molar-refractivity contribution is 0.471. The molecular weight excluding hydrogens is 574 g/mol. The van der Waals surface area contributed by atoms with Crippen LogP contribution in [0, 0.1) is 0 Å². The molecule has 6 N–H and O–H groups in total. The third-order valence-corrected chi connectivity index (χ3v) is 7.69. The van der Waals surface area contributed by atoms with Crippen LogP contribution in [-0.2, 0) is 20.2 Å². The quantitative estimate of drug-likeness (QED) is 0.0843. The predicted molar refractivity (Wildman–Crippen MR) is 150 cm³/mol. The number of azo groups is 2. The molecule has 0 saturated carbocycles. The minimum atomic E-state index is -4.86. The van der Waals surface area contributed by atoms with Gasteiger partial charge < -0.3 is 15.9 Å². The number of anilines is 1. The van der Waals surface area contributed by atoms with Crippen LogP contribution in [0.1, 0.15) is 0 Å². The van der Waals surface area contributed by atoms with Crippen molar-refractivity contribution in [3.05, 3.63) is 78.9 Å². The summed E-state index contributed by atoms with van der Waals surface area (Å²) < 4.78 is 67.8. The zero-order valence-electron chi connectivity index (χ0n) is 20.6. The summed E-state index contributed by atoms with van der Waals surface area (Å²) in [6, 6.07) is 18.8. The van der Waals surface area contributed by atoms with Crippen molar-refractivity contribution in [2.75, 3.05) is 5.73 Å². The molecular formula is C26H19N5O8S2. The molecule has 0 unspecified atom stereocenters. The molecule has 0 aromatic heterocycles. The van der Waals surface area contributed by atoms with Gasteiger partial charge in [0.25, 0.3) is 20.2 Å². The molecule has 5 rings (SSSR count). The zero-order chi connectivity index (χ0) is 29.5. The summed E-state index contributed by atoms with van der Waals surface area (Å²) in [7, 11) is -9.68. The van der Waals surface area contributed by atoms with E-state index in [9.17, 15) is 36.2 Å². The molecule has 0 amide bonds. The van der Waals surface area contributed by atoms with Crippen LogP contribution in [0.4, 0.5) is 28.4 Å². The molecule has 0 saturated heterocycles. The Morgan fingerprint density at radius 3 is 1.73 bits per heavy atom. The average molecular weight is 594 g/mol. The summed E-state index contributed by atoms with van der Waals surface area (Å²) in [4.78, 5) is -1.40. The standard InChI is InChI=1S/C26H19N5O8S2/c27-16-7-9-19-15(10-16)12-22(41(37,38)39)23(25(19)32)31-29-18-8-6-14-11-21(40(34,35)36)24(26(33)20(14)13-18)30-28-17-4-2-1-3-5-17/h1-13,32-33H,27H2,(H,34,35,36)(H,37,38,39). The summed E-state index contributed by atoms with van der Waals surface area (Å²) in [6.07, 6.45) is 0. The van der Waals surface area contributed by atoms with E-state index in [4.69, 9.17) is 5.73 Å². The van der Waals surface area contributed by atoms with Crippen molar-refractivity contribution in [3.8, 4) is 11.5 Å². The van der Waals surface area contributed by atoms with E-state index in [2.05, 4.69) is 20.5 Å². The second-order valence-corrected chi connectivity index (χ2v) is 11.5. The summed E-state index contributed by atoms with van der Waals surface area (Å²) in [5, 5.41) is 37.9. The molecule has 41 heavy (non-hydrogen) atoms. The number of fused-ring (bicyclic) bond motifs is 2. The molecule has 5 aromatic carbocycles. The lowest BCUT2D eigenvalue weighted by atomic mass is 10.1. The Hall–Kier alpha value is -4.96. The normalized spacial score (nSPS) is 12.6. The maximum Gasteiger partial charge on any atom is 0.296 e. The van der Waals surface area contributed by atoms with Crippen molar-refractivity contribution < 1.29 is 36.2 Å². The first-order chi connectivity index (χ1) is 19.3. The topological polar surface area (TPSA) is 225 Å². The van der Waals surface area contributed by atoms with E-state index in [0.29, 0.717) is 11.4 Å². The van der Waals surface area contributed by atoms with Gasteiger partial charge in [0.15, 0.2) is 11.5 Å². The monoisotopic (exact) mass is 593 g/mol. The molecule has 0 aliphatic heterocycles. The van der Waals surface area contributed by atoms with Gasteiger partial charge >= 0.3 is 0 Å². The largest absolute Gasteiger partial charge is 0.505 e. The first kappa shape index (κ1) is 27.6. The Morgan fingerprint density at radius 2 is 1.12 bits per heavy atom. The number of nitrogen functional groups attached to an aromatic ring is 1. The van der Waals surface area contributed by atoms with Crippen molar-refractivity contribution in [1.82, 2.24) is 0 Å². The van der Waals surface area contributed by atoms with Gasteiger partial charge in [0.2, 0.25) is 0 Å². The Labute approximate surface area is 232 Å². The van der Waals surface area contributed by atoms with Crippen LogP contribution >= 0.6 is 0 Å². The molecule has 0 heterocycles. The first-order valence-electron chi connectivity index (χ1n) is 11.5. The number of hydrogen-bond acceptors (Lipinski definition) is 11. The number of nitrogens with two attached hydrogens (primary N) is 1. The molecule has 0 aliphatic rings. The second kappa shape index (κ2) is 10.2. The summed E-state index contributed by atoms with van der Waals surface area (Å²) in [5.41, 5.74) is 5.35. The van der Waals surface area contributed by atoms with Crippen molar-refractivity contribution >= 4 is 70.2 Å². The number of phenolic OH excluding ortho intramolecular Hbond substituents is 2. The number of aromatic hydroxyl groups is 2. The van der Waals surface area contributed by atoms with Gasteiger partial charge in [0, 0.05) is 16.5 Å². The van der Waals surface area contributed by atoms with Gasteiger partial charge in [0.1, 0.15) is 21.2 Å². The van der Waals surface area contributed by atoms with E-state index in [1.165, 1.54) is 36.4 Å². The fourth-order valence-corrected chi connectivity index (χ4v) is 5.37. The molecule has 0 spiro atoms. The average Bonchev–Trinajstić information content (AvgIpc) is 2.91. The number of benzene rings is 5. The highest BCUT2D eigenvalue weighted by molar-refractivity contribution is 7.86. The predicted octanol–water partition coefficient (Wildman–Crippen LogP) is 6.31. The SMILES string of the molecule is Nc1ccc2c(O)c(N=Nc3ccc4cc(S(=O)(=O)O)c(N=Nc5ccccc5)c(O)c4c3)c(S(=O)(=O)O)cc2c1. The van der Waals surface area contributed by atoms with E-state index in [-0.39, 0.29) is 27.2 Å². The van der Waals surface area contributed by atoms with Gasteiger partial charge in [-0.15, -0.1) is 10.2 Å². The molecule has 0 radical (unpaired) electrons. The van der Waals surface area contributed by atoms with E-state index in [1.807, 2.05) is 0 Å². The van der Waals surface area contributed by atoms with Gasteiger partial charge in [-0.3, -0.25) is 9.11 Å². The minimum absolute atomic E-state index is 0.0384. The fourth-order valence-electron chi connectivity index (χ4n) is 4.06. The van der Waals surface area contributed by atoms with Gasteiger partial charge in [-0.05, 0) is 65.4 Å². The number of hydrogen-bond donors (Lipinski definition) is 5. The number of phenols is 2. The van der Waals surface area contributed by atoms with Crippen LogP contribution in [0.25, 0.3) is 21.5 Å². The Morgan fingerprint density at radius 1 is 0.561 bits per heavy atom. The van der Waals surface area contributed by atoms with Crippen LogP contribution < -0.4 is 5.73 Å². The molecule has 0 aliphatic carbocycles. The van der Waals surface area contributed by atoms with E-state index < -0.39 is 52.9 Å². The zero-order valence-corrected chi connectivity index (χ0v) is 22.2. The lowest BCUT2D eigenvalue weighted by Crippen LogP contribution is -1.99. The van der Waals surface area contributed by atoms with Crippen LogP contribution in [-0.4, -0.2) is 36.2 Å². The molecule has 13 nitrogen and oxygen atoms in total. The van der Waals surface area contributed by atoms with Crippen molar-refractivity contribution in [3.63, 3.8) is 0 Å². The van der Waals surface area contributed by atoms with Crippen molar-refractivity contribution in [2.45, 2.75) is 9.79 Å². The number of rotatable bonds is 6. The summed E-state index contributed by atoms with van der Waals surface area (Å²) in [6.45, 7) is 0. The van der Waals surface area contributed by atoms with E-state index in [1.54, 1.807) is 30.3 Å². The lowest BCUT2D eigenvalue weighted by Gasteiger charge is -2.10. The number of nitrogens with zero attached hydrogens (tertiary/aromatic N) is 4. The molecule has 0 bridgehead atoms. The second-order valence-electron chi connectivity index (χ2n) is 8.72. The highest BCUT2D eigenvalue weighted by Gasteiger charge is 2.24. The first-order valence-corrected chi connectivity index (χ1v) is 14.4. The summed E-state index contributed by atoms with van der Waals surface area (Å²) >= 11 is 0. The van der Waals surface area contributed by atoms with Crippen LogP contribution in [0.3, 0.4) is 0 Å². The highest BCUT2D eigenvalue weighted by Crippen LogP contribution is 2.44. The van der Waals surface area contributed by atoms with E-state index >= 15 is 0 Å². The molecule has 0 atom stereocenters. The molecule has 0 fully saturated rings. The highest BCUT2D eigenvalue weighted by atomic mass is 32.2. The summed E-state index contributed by atoms with van der Waals surface area (Å²) in [5.74, 6) is -1.22. The van der Waals surface area contributed by atoms with Gasteiger partial charge in [-0.25, -0.2) is 0 Å². The van der Waals surface area contributed by atoms with Gasteiger partial charge in [-0.1, -0.05) is 24.3 Å². The smallest absolute Gasteiger partial charge is 0.296 e. The Kier molecular flexibility index (Phi) is 6.88. The molecule has 208 valence electrons. The molecule has 15 heteroatoms. The van der Waals surface area contributed by atoms with Crippen molar-refractivity contribution in [2.24, 2.45) is 20.5 Å². The van der Waals surface area contributed by atoms with Gasteiger partial charge in [0.05, 0.1) is 11.4 Å². The van der Waals surface area contributed by atoms with E-state index in [0.717, 1.165) is 12.1 Å².